The Balaban J connectivity index is 1.51. The fraction of sp³-hybridized carbons (Fsp3) is 0.500. The number of hydrogen-bond acceptors (Lipinski definition) is 8. The monoisotopic (exact) mass is 432 g/mol. The van der Waals surface area contributed by atoms with Gasteiger partial charge in [-0.05, 0) is 29.7 Å². The molecule has 30 heavy (non-hydrogen) atoms. The number of rotatable bonds is 6. The number of thioether (sulfide) groups is 1. The van der Waals surface area contributed by atoms with Crippen molar-refractivity contribution in [3.8, 4) is 17.2 Å². The molecule has 2 aliphatic heterocycles. The Morgan fingerprint density at radius 1 is 1.03 bits per heavy atom. The summed E-state index contributed by atoms with van der Waals surface area (Å²) in [7, 11) is 3.28. The van der Waals surface area contributed by atoms with Crippen molar-refractivity contribution in [2.45, 2.75) is 26.1 Å². The lowest BCUT2D eigenvalue weighted by molar-refractivity contribution is 0.235. The summed E-state index contributed by atoms with van der Waals surface area (Å²) in [5.41, 5.74) is 3.00. The molecule has 1 aromatic heterocycles. The van der Waals surface area contributed by atoms with Crippen molar-refractivity contribution in [3.63, 3.8) is 0 Å². The van der Waals surface area contributed by atoms with E-state index in [4.69, 9.17) is 13.9 Å². The topological polar surface area (TPSA) is 75.4 Å². The first kappa shape index (κ1) is 21.1. The molecule has 2 aliphatic rings. The molecule has 7 nitrogen and oxygen atoms in total. The van der Waals surface area contributed by atoms with Crippen LogP contribution in [0.3, 0.4) is 0 Å². The summed E-state index contributed by atoms with van der Waals surface area (Å²) in [6.45, 7) is 4.37. The van der Waals surface area contributed by atoms with Crippen LogP contribution in [0.5, 0.6) is 17.2 Å². The minimum Gasteiger partial charge on any atom is -0.507 e. The van der Waals surface area contributed by atoms with E-state index in [0.717, 1.165) is 49.9 Å². The molecular weight excluding hydrogens is 404 g/mol. The van der Waals surface area contributed by atoms with Crippen molar-refractivity contribution in [3.05, 3.63) is 51.1 Å². The van der Waals surface area contributed by atoms with Crippen molar-refractivity contribution in [2.75, 3.05) is 45.4 Å². The first-order valence-electron chi connectivity index (χ1n) is 10.2. The van der Waals surface area contributed by atoms with E-state index in [2.05, 4.69) is 9.80 Å². The van der Waals surface area contributed by atoms with Crippen LogP contribution in [0.1, 0.15) is 22.3 Å². The molecule has 1 saturated heterocycles. The quantitative estimate of drug-likeness (QED) is 0.746. The van der Waals surface area contributed by atoms with Gasteiger partial charge >= 0.3 is 5.63 Å². The maximum absolute atomic E-state index is 12.3. The van der Waals surface area contributed by atoms with E-state index in [1.165, 1.54) is 17.4 Å². The van der Waals surface area contributed by atoms with Gasteiger partial charge in [0.25, 0.3) is 0 Å². The van der Waals surface area contributed by atoms with E-state index in [1.807, 2.05) is 23.9 Å². The molecule has 3 heterocycles. The summed E-state index contributed by atoms with van der Waals surface area (Å²) in [5, 5.41) is 10.8. The first-order valence-corrected chi connectivity index (χ1v) is 11.3. The Hall–Kier alpha value is -2.16. The smallest absolute Gasteiger partial charge is 0.343 e. The van der Waals surface area contributed by atoms with Gasteiger partial charge in [0.2, 0.25) is 0 Å². The summed E-state index contributed by atoms with van der Waals surface area (Å²) < 4.78 is 16.1. The lowest BCUT2D eigenvalue weighted by Gasteiger charge is -2.30. The van der Waals surface area contributed by atoms with E-state index in [-0.39, 0.29) is 5.75 Å². The Bertz CT molecular complexity index is 955. The van der Waals surface area contributed by atoms with Gasteiger partial charge in [-0.1, -0.05) is 0 Å². The average molecular weight is 433 g/mol. The van der Waals surface area contributed by atoms with Crippen molar-refractivity contribution in [1.82, 2.24) is 9.80 Å². The fourth-order valence-corrected chi connectivity index (χ4v) is 5.07. The number of nitrogens with zero attached hydrogens (tertiary/aromatic N) is 2. The van der Waals surface area contributed by atoms with Crippen LogP contribution < -0.4 is 15.1 Å². The van der Waals surface area contributed by atoms with Crippen molar-refractivity contribution in [2.24, 2.45) is 0 Å². The SMILES string of the molecule is COc1cc2c(cc1OC)CN(Cc1coc(=O)c(CN3CCSCC3)c1O)CC2. The van der Waals surface area contributed by atoms with Crippen LogP contribution in [0, 0.1) is 0 Å². The van der Waals surface area contributed by atoms with Gasteiger partial charge in [0.05, 0.1) is 19.8 Å². The molecule has 0 amide bonds. The van der Waals surface area contributed by atoms with Gasteiger partial charge in [-0.2, -0.15) is 11.8 Å². The Labute approximate surface area is 180 Å². The average Bonchev–Trinajstić information content (AvgIpc) is 2.78. The van der Waals surface area contributed by atoms with Crippen molar-refractivity contribution >= 4 is 11.8 Å². The van der Waals surface area contributed by atoms with Gasteiger partial charge in [0.15, 0.2) is 11.5 Å². The fourth-order valence-electron chi connectivity index (χ4n) is 4.09. The molecule has 0 saturated carbocycles. The molecule has 162 valence electrons. The van der Waals surface area contributed by atoms with Crippen LogP contribution in [-0.4, -0.2) is 60.3 Å². The molecule has 8 heteroatoms. The van der Waals surface area contributed by atoms with E-state index in [0.29, 0.717) is 30.0 Å². The van der Waals surface area contributed by atoms with Crippen LogP contribution in [-0.2, 0) is 26.1 Å². The highest BCUT2D eigenvalue weighted by atomic mass is 32.2. The van der Waals surface area contributed by atoms with Crippen LogP contribution in [0.25, 0.3) is 0 Å². The molecule has 0 unspecified atom stereocenters. The largest absolute Gasteiger partial charge is 0.507 e. The molecule has 4 rings (SSSR count). The maximum Gasteiger partial charge on any atom is 0.343 e. The molecule has 0 radical (unpaired) electrons. The third-order valence-electron chi connectivity index (χ3n) is 5.82. The highest BCUT2D eigenvalue weighted by Crippen LogP contribution is 2.34. The first-order chi connectivity index (χ1) is 14.6. The molecule has 0 bridgehead atoms. The normalized spacial score (nSPS) is 17.5. The van der Waals surface area contributed by atoms with Crippen LogP contribution in [0.2, 0.25) is 0 Å². The minimum absolute atomic E-state index is 0.0718. The Kier molecular flexibility index (Phi) is 6.55. The van der Waals surface area contributed by atoms with Crippen LogP contribution in [0.15, 0.2) is 27.6 Å². The third-order valence-corrected chi connectivity index (χ3v) is 6.76. The van der Waals surface area contributed by atoms with E-state index < -0.39 is 5.63 Å². The van der Waals surface area contributed by atoms with Gasteiger partial charge in [-0.3, -0.25) is 9.80 Å². The van der Waals surface area contributed by atoms with E-state index in [9.17, 15) is 9.90 Å². The maximum atomic E-state index is 12.3. The van der Waals surface area contributed by atoms with Gasteiger partial charge in [0.1, 0.15) is 12.0 Å². The summed E-state index contributed by atoms with van der Waals surface area (Å²) in [4.78, 5) is 16.7. The molecule has 1 fully saturated rings. The van der Waals surface area contributed by atoms with Gasteiger partial charge in [0, 0.05) is 56.3 Å². The third kappa shape index (κ3) is 4.45. The van der Waals surface area contributed by atoms with Gasteiger partial charge in [-0.25, -0.2) is 4.79 Å². The standard InChI is InChI=1S/C22H28N2O5S/c1-27-19-9-15-3-4-24(11-16(15)10-20(19)28-2)12-17-14-29-22(26)18(21(17)25)13-23-5-7-30-8-6-23/h9-10,14,25H,3-8,11-13H2,1-2H3. The molecule has 1 N–H and O–H groups in total. The predicted molar refractivity (Wildman–Crippen MR) is 117 cm³/mol. The van der Waals surface area contributed by atoms with Crippen molar-refractivity contribution < 1.29 is 19.0 Å². The van der Waals surface area contributed by atoms with Crippen LogP contribution >= 0.6 is 11.8 Å². The Morgan fingerprint density at radius 3 is 2.43 bits per heavy atom. The van der Waals surface area contributed by atoms with Crippen molar-refractivity contribution in [1.29, 1.82) is 0 Å². The number of aromatic hydroxyl groups is 1. The Morgan fingerprint density at radius 2 is 1.73 bits per heavy atom. The second-order valence-corrected chi connectivity index (χ2v) is 8.93. The molecule has 1 aromatic carbocycles. The zero-order valence-electron chi connectivity index (χ0n) is 17.5. The molecule has 0 aliphatic carbocycles. The number of methoxy groups -OCH3 is 2. The molecular formula is C22H28N2O5S. The summed E-state index contributed by atoms with van der Waals surface area (Å²) in [6.07, 6.45) is 2.28. The number of fused-ring (bicyclic) bond motifs is 1. The van der Waals surface area contributed by atoms with Crippen LogP contribution in [0.4, 0.5) is 0 Å². The predicted octanol–water partition coefficient (Wildman–Crippen LogP) is 2.47. The van der Waals surface area contributed by atoms with E-state index in [1.54, 1.807) is 14.2 Å². The summed E-state index contributed by atoms with van der Waals surface area (Å²) in [6, 6.07) is 4.06. The molecule has 2 aromatic rings. The lowest BCUT2D eigenvalue weighted by Crippen LogP contribution is -2.34. The second-order valence-electron chi connectivity index (χ2n) is 7.70. The molecule has 0 atom stereocenters. The van der Waals surface area contributed by atoms with E-state index >= 15 is 0 Å². The summed E-state index contributed by atoms with van der Waals surface area (Å²) >= 11 is 1.91. The second kappa shape index (κ2) is 9.32. The zero-order valence-corrected chi connectivity index (χ0v) is 18.3. The highest BCUT2D eigenvalue weighted by molar-refractivity contribution is 7.99. The highest BCUT2D eigenvalue weighted by Gasteiger charge is 2.23. The minimum atomic E-state index is -0.449. The number of hydrogen-bond donors (Lipinski definition) is 1. The summed E-state index contributed by atoms with van der Waals surface area (Å²) in [5.74, 6) is 3.63. The lowest BCUT2D eigenvalue weighted by atomic mass is 9.98. The number of benzene rings is 1. The van der Waals surface area contributed by atoms with Gasteiger partial charge < -0.3 is 19.0 Å². The van der Waals surface area contributed by atoms with Gasteiger partial charge in [-0.15, -0.1) is 0 Å². The molecule has 0 spiro atoms. The zero-order chi connectivity index (χ0) is 21.1. The number of ether oxygens (including phenoxy) is 2.